The van der Waals surface area contributed by atoms with Crippen LogP contribution in [-0.4, -0.2) is 51.5 Å². The van der Waals surface area contributed by atoms with Crippen LogP contribution in [0.5, 0.6) is 0 Å². The number of rotatable bonds is 7. The van der Waals surface area contributed by atoms with Gasteiger partial charge in [0.25, 0.3) is 0 Å². The lowest BCUT2D eigenvalue weighted by molar-refractivity contribution is -0.0855. The van der Waals surface area contributed by atoms with Gasteiger partial charge in [0.15, 0.2) is 5.96 Å². The fourth-order valence-electron chi connectivity index (χ4n) is 3.90. The molecule has 1 atom stereocenters. The molecule has 1 aliphatic carbocycles. The minimum Gasteiger partial charge on any atom is -0.381 e. The molecule has 2 fully saturated rings. The molecule has 5 nitrogen and oxygen atoms in total. The van der Waals surface area contributed by atoms with Crippen molar-refractivity contribution in [1.29, 1.82) is 0 Å². The number of methoxy groups -OCH3 is 1. The Bertz CT molecular complexity index is 381. The first-order valence-corrected chi connectivity index (χ1v) is 9.77. The lowest BCUT2D eigenvalue weighted by atomic mass is 9.85. The second-order valence-corrected chi connectivity index (χ2v) is 7.55. The molecule has 148 valence electrons. The average Bonchev–Trinajstić information content (AvgIpc) is 2.65. The SMILES string of the molecule is CN=C(NCC1(OC)CCOCC1)NC(C)CCC1CCCCC1.I. The molecule has 0 amide bonds. The number of nitrogens with zero attached hydrogens (tertiary/aromatic N) is 1. The molecule has 1 saturated heterocycles. The Balaban J connectivity index is 0.00000312. The second kappa shape index (κ2) is 12.3. The van der Waals surface area contributed by atoms with Gasteiger partial charge in [0.2, 0.25) is 0 Å². The van der Waals surface area contributed by atoms with Crippen LogP contribution in [0.3, 0.4) is 0 Å². The summed E-state index contributed by atoms with van der Waals surface area (Å²) >= 11 is 0. The zero-order valence-electron chi connectivity index (χ0n) is 16.3. The summed E-state index contributed by atoms with van der Waals surface area (Å²) in [6.07, 6.45) is 11.6. The topological polar surface area (TPSA) is 54.9 Å². The molecule has 0 aromatic carbocycles. The third-order valence-electron chi connectivity index (χ3n) is 5.75. The maximum atomic E-state index is 5.78. The zero-order valence-corrected chi connectivity index (χ0v) is 18.6. The number of hydrogen-bond donors (Lipinski definition) is 2. The molecule has 6 heteroatoms. The standard InChI is InChI=1S/C19H37N3O2.HI/c1-16(9-10-17-7-5-4-6-8-17)22-18(20-2)21-15-19(23-3)11-13-24-14-12-19;/h16-17H,4-15H2,1-3H3,(H2,20,21,22);1H. The fraction of sp³-hybridized carbons (Fsp3) is 0.947. The predicted molar refractivity (Wildman–Crippen MR) is 115 cm³/mol. The fourth-order valence-corrected chi connectivity index (χ4v) is 3.90. The molecule has 1 aliphatic heterocycles. The third kappa shape index (κ3) is 7.99. The summed E-state index contributed by atoms with van der Waals surface area (Å²) in [7, 11) is 3.64. The van der Waals surface area contributed by atoms with E-state index in [1.807, 2.05) is 7.05 Å². The van der Waals surface area contributed by atoms with Crippen LogP contribution in [0.15, 0.2) is 4.99 Å². The van der Waals surface area contributed by atoms with Crippen LogP contribution in [0.2, 0.25) is 0 Å². The molecule has 25 heavy (non-hydrogen) atoms. The Hall–Kier alpha value is -0.0800. The van der Waals surface area contributed by atoms with Gasteiger partial charge in [-0.1, -0.05) is 32.1 Å². The Labute approximate surface area is 171 Å². The van der Waals surface area contributed by atoms with Crippen LogP contribution in [0.4, 0.5) is 0 Å². The van der Waals surface area contributed by atoms with Gasteiger partial charge in [0, 0.05) is 52.8 Å². The van der Waals surface area contributed by atoms with Gasteiger partial charge >= 0.3 is 0 Å². The Morgan fingerprint density at radius 3 is 2.52 bits per heavy atom. The zero-order chi connectivity index (χ0) is 17.3. The minimum atomic E-state index is -0.124. The van der Waals surface area contributed by atoms with Crippen molar-refractivity contribution in [3.8, 4) is 0 Å². The largest absolute Gasteiger partial charge is 0.381 e. The van der Waals surface area contributed by atoms with Gasteiger partial charge in [-0.25, -0.2) is 0 Å². The van der Waals surface area contributed by atoms with Gasteiger partial charge in [0.1, 0.15) is 0 Å². The quantitative estimate of drug-likeness (QED) is 0.341. The highest BCUT2D eigenvalue weighted by molar-refractivity contribution is 14.0. The highest BCUT2D eigenvalue weighted by Crippen LogP contribution is 2.27. The summed E-state index contributed by atoms with van der Waals surface area (Å²) in [5.74, 6) is 1.83. The summed E-state index contributed by atoms with van der Waals surface area (Å²) in [6, 6.07) is 0.450. The van der Waals surface area contributed by atoms with E-state index < -0.39 is 0 Å². The van der Waals surface area contributed by atoms with Crippen molar-refractivity contribution in [2.75, 3.05) is 33.9 Å². The first kappa shape index (κ1) is 23.0. The average molecular weight is 467 g/mol. The molecule has 0 bridgehead atoms. The number of guanidine groups is 1. The van der Waals surface area contributed by atoms with Crippen molar-refractivity contribution in [2.45, 2.75) is 76.4 Å². The highest BCUT2D eigenvalue weighted by Gasteiger charge is 2.32. The van der Waals surface area contributed by atoms with Crippen molar-refractivity contribution in [3.05, 3.63) is 0 Å². The number of aliphatic imine (C=N–C) groups is 1. The molecule has 1 unspecified atom stereocenters. The molecule has 2 N–H and O–H groups in total. The monoisotopic (exact) mass is 467 g/mol. The summed E-state index contributed by atoms with van der Waals surface area (Å²) < 4.78 is 11.2. The summed E-state index contributed by atoms with van der Waals surface area (Å²) in [5.41, 5.74) is -0.124. The Morgan fingerprint density at radius 1 is 1.24 bits per heavy atom. The van der Waals surface area contributed by atoms with Crippen LogP contribution in [0.1, 0.15) is 64.7 Å². The van der Waals surface area contributed by atoms with Crippen molar-refractivity contribution in [2.24, 2.45) is 10.9 Å². The van der Waals surface area contributed by atoms with Gasteiger partial charge in [-0.3, -0.25) is 4.99 Å². The van der Waals surface area contributed by atoms with Crippen molar-refractivity contribution in [3.63, 3.8) is 0 Å². The lowest BCUT2D eigenvalue weighted by Crippen LogP contribution is -2.52. The Kier molecular flexibility index (Phi) is 11.3. The van der Waals surface area contributed by atoms with Gasteiger partial charge in [0.05, 0.1) is 5.60 Å². The van der Waals surface area contributed by atoms with Crippen molar-refractivity contribution >= 4 is 29.9 Å². The van der Waals surface area contributed by atoms with E-state index in [0.29, 0.717) is 6.04 Å². The van der Waals surface area contributed by atoms with E-state index in [1.54, 1.807) is 7.11 Å². The summed E-state index contributed by atoms with van der Waals surface area (Å²) in [6.45, 7) is 4.59. The van der Waals surface area contributed by atoms with Gasteiger partial charge in [-0.2, -0.15) is 0 Å². The smallest absolute Gasteiger partial charge is 0.191 e. The highest BCUT2D eigenvalue weighted by atomic mass is 127. The predicted octanol–water partition coefficient (Wildman–Crippen LogP) is 3.71. The van der Waals surface area contributed by atoms with Crippen LogP contribution in [-0.2, 0) is 9.47 Å². The molecular formula is C19H38IN3O2. The molecule has 2 aliphatic rings. The van der Waals surface area contributed by atoms with E-state index in [9.17, 15) is 0 Å². The van der Waals surface area contributed by atoms with Crippen LogP contribution >= 0.6 is 24.0 Å². The molecule has 0 aromatic rings. The number of hydrogen-bond acceptors (Lipinski definition) is 3. The van der Waals surface area contributed by atoms with E-state index in [1.165, 1.54) is 44.9 Å². The van der Waals surface area contributed by atoms with Crippen molar-refractivity contribution in [1.82, 2.24) is 10.6 Å². The number of nitrogens with one attached hydrogen (secondary N) is 2. The van der Waals surface area contributed by atoms with Gasteiger partial charge < -0.3 is 20.1 Å². The molecular weight excluding hydrogens is 429 g/mol. The van der Waals surface area contributed by atoms with Crippen LogP contribution < -0.4 is 10.6 Å². The third-order valence-corrected chi connectivity index (χ3v) is 5.75. The summed E-state index contributed by atoms with van der Waals surface area (Å²) in [5, 5.41) is 7.00. The normalized spacial score (nSPS) is 22.8. The molecule has 0 aromatic heterocycles. The van der Waals surface area contributed by atoms with Crippen LogP contribution in [0, 0.1) is 5.92 Å². The van der Waals surface area contributed by atoms with E-state index in [4.69, 9.17) is 9.47 Å². The minimum absolute atomic E-state index is 0. The van der Waals surface area contributed by atoms with E-state index in [-0.39, 0.29) is 29.6 Å². The maximum Gasteiger partial charge on any atom is 0.191 e. The van der Waals surface area contributed by atoms with Crippen molar-refractivity contribution < 1.29 is 9.47 Å². The first-order chi connectivity index (χ1) is 11.7. The van der Waals surface area contributed by atoms with Gasteiger partial charge in [-0.15, -0.1) is 24.0 Å². The molecule has 0 spiro atoms. The molecule has 1 heterocycles. The first-order valence-electron chi connectivity index (χ1n) is 9.77. The number of halogens is 1. The molecule has 2 rings (SSSR count). The van der Waals surface area contributed by atoms with E-state index in [2.05, 4.69) is 22.5 Å². The van der Waals surface area contributed by atoms with E-state index >= 15 is 0 Å². The second-order valence-electron chi connectivity index (χ2n) is 7.55. The molecule has 0 radical (unpaired) electrons. The summed E-state index contributed by atoms with van der Waals surface area (Å²) in [4.78, 5) is 4.38. The maximum absolute atomic E-state index is 5.78. The van der Waals surface area contributed by atoms with Gasteiger partial charge in [-0.05, 0) is 25.7 Å². The van der Waals surface area contributed by atoms with E-state index in [0.717, 1.165) is 44.5 Å². The lowest BCUT2D eigenvalue weighted by Gasteiger charge is -2.36. The number of ether oxygens (including phenoxy) is 2. The van der Waals surface area contributed by atoms with Crippen LogP contribution in [0.25, 0.3) is 0 Å². The Morgan fingerprint density at radius 2 is 1.92 bits per heavy atom. The molecule has 1 saturated carbocycles.